The highest BCUT2D eigenvalue weighted by Crippen LogP contribution is 2.65. The quantitative estimate of drug-likeness (QED) is 0.160. The molecule has 46 heavy (non-hydrogen) atoms. The molecule has 2 saturated heterocycles. The van der Waals surface area contributed by atoms with Crippen molar-refractivity contribution in [2.24, 2.45) is 28.1 Å². The molecule has 0 spiro atoms. The summed E-state index contributed by atoms with van der Waals surface area (Å²) in [6.45, 7) is 22.8. The highest BCUT2D eigenvalue weighted by molar-refractivity contribution is 6.38. The molecule has 6 atom stereocenters. The van der Waals surface area contributed by atoms with Crippen molar-refractivity contribution in [1.82, 2.24) is 36.4 Å². The molecule has 13 heteroatoms. The average molecular weight is 646 g/mol. The molecule has 1 saturated carbocycles. The van der Waals surface area contributed by atoms with E-state index in [9.17, 15) is 28.8 Å². The molecular formula is C33H55N7O6. The molecule has 258 valence electrons. The van der Waals surface area contributed by atoms with E-state index < -0.39 is 64.5 Å². The molecule has 2 heterocycles. The predicted octanol–water partition coefficient (Wildman–Crippen LogP) is 1.78. The fourth-order valence-corrected chi connectivity index (χ4v) is 6.59. The molecule has 3 rings (SSSR count). The molecule has 3 fully saturated rings. The molecule has 2 aliphatic heterocycles. The van der Waals surface area contributed by atoms with Gasteiger partial charge in [0.2, 0.25) is 17.6 Å². The minimum atomic E-state index is -1.05. The number of hydrogen-bond donors (Lipinski definition) is 5. The molecular weight excluding hydrogens is 590 g/mol. The lowest BCUT2D eigenvalue weighted by Gasteiger charge is -2.40. The Morgan fingerprint density at radius 2 is 1.70 bits per heavy atom. The number of rotatable bonds is 12. The molecule has 7 amide bonds. The number of nitrogens with one attached hydrogen (secondary N) is 5. The van der Waals surface area contributed by atoms with Crippen molar-refractivity contribution in [3.63, 3.8) is 0 Å². The summed E-state index contributed by atoms with van der Waals surface area (Å²) in [6, 6.07) is -4.00. The van der Waals surface area contributed by atoms with Gasteiger partial charge in [-0.3, -0.25) is 19.2 Å². The molecule has 5 N–H and O–H groups in total. The Labute approximate surface area is 273 Å². The third-order valence-electron chi connectivity index (χ3n) is 9.74. The zero-order valence-corrected chi connectivity index (χ0v) is 29.0. The van der Waals surface area contributed by atoms with Gasteiger partial charge in [0, 0.05) is 32.7 Å². The number of fused-ring (bicyclic) bond motifs is 1. The minimum absolute atomic E-state index is 0.0780. The summed E-state index contributed by atoms with van der Waals surface area (Å²) in [5.41, 5.74) is -1.29. The van der Waals surface area contributed by atoms with Gasteiger partial charge in [-0.25, -0.2) is 9.59 Å². The van der Waals surface area contributed by atoms with Gasteiger partial charge in [-0.1, -0.05) is 68.4 Å². The first-order chi connectivity index (χ1) is 21.2. The molecule has 1 aliphatic carbocycles. The van der Waals surface area contributed by atoms with Crippen LogP contribution < -0.4 is 26.6 Å². The summed E-state index contributed by atoms with van der Waals surface area (Å²) in [7, 11) is 0. The standard InChI is InChI=1S/C33H55N7O6/c1-11-14-34-27(43)24(41)20(12-2)36-26(42)23-22-19(33(22,9)10)17-40(23)28(44)25(32(6,7)8)38-29(45)37-21(31(3,4)5)18-39-16-13-15-35-30(39)46/h11,19-23,25H,1,12-18H2,2-10H3,(H,34,43)(H,35,46)(H,36,42)(H2,37,38,45)/t19-,20?,21+,22-,23-,25+/m0/s1. The van der Waals surface area contributed by atoms with Crippen LogP contribution in [0.4, 0.5) is 9.59 Å². The molecule has 0 aromatic rings. The number of urea groups is 2. The van der Waals surface area contributed by atoms with E-state index in [2.05, 4.69) is 47.0 Å². The van der Waals surface area contributed by atoms with E-state index in [1.807, 2.05) is 41.5 Å². The zero-order chi connectivity index (χ0) is 34.8. The summed E-state index contributed by atoms with van der Waals surface area (Å²) in [6.07, 6.45) is 2.47. The largest absolute Gasteiger partial charge is 0.346 e. The summed E-state index contributed by atoms with van der Waals surface area (Å²) in [4.78, 5) is 82.4. The minimum Gasteiger partial charge on any atom is -0.346 e. The van der Waals surface area contributed by atoms with Gasteiger partial charge in [0.15, 0.2) is 0 Å². The van der Waals surface area contributed by atoms with Crippen LogP contribution in [0.5, 0.6) is 0 Å². The maximum Gasteiger partial charge on any atom is 0.317 e. The van der Waals surface area contributed by atoms with E-state index in [1.165, 1.54) is 11.0 Å². The Hall–Kier alpha value is -3.64. The van der Waals surface area contributed by atoms with Crippen molar-refractivity contribution in [1.29, 1.82) is 0 Å². The van der Waals surface area contributed by atoms with E-state index in [0.29, 0.717) is 26.2 Å². The van der Waals surface area contributed by atoms with Crippen molar-refractivity contribution in [3.05, 3.63) is 12.7 Å². The third kappa shape index (κ3) is 8.19. The first-order valence-corrected chi connectivity index (χ1v) is 16.4. The molecule has 0 radical (unpaired) electrons. The van der Waals surface area contributed by atoms with Crippen LogP contribution in [0.25, 0.3) is 0 Å². The number of carbonyl (C=O) groups excluding carboxylic acids is 6. The molecule has 0 bridgehead atoms. The SMILES string of the molecule is C=CCNC(=O)C(=O)C(CC)NC(=O)[C@@H]1[C@@H]2[C@H](CN1C(=O)[C@@H](NC(=O)N[C@H](CN1CCCNC1=O)C(C)(C)C)C(C)(C)C)C2(C)C. The smallest absolute Gasteiger partial charge is 0.317 e. The Balaban J connectivity index is 1.79. The summed E-state index contributed by atoms with van der Waals surface area (Å²) >= 11 is 0. The summed E-state index contributed by atoms with van der Waals surface area (Å²) in [5.74, 6) is -2.51. The van der Waals surface area contributed by atoms with Gasteiger partial charge in [0.25, 0.3) is 5.91 Å². The maximum atomic E-state index is 14.3. The monoisotopic (exact) mass is 645 g/mol. The van der Waals surface area contributed by atoms with Crippen molar-refractivity contribution < 1.29 is 28.8 Å². The van der Waals surface area contributed by atoms with Crippen LogP contribution in [0.1, 0.15) is 75.2 Å². The number of carbonyl (C=O) groups is 6. The second-order valence-corrected chi connectivity index (χ2v) is 15.6. The van der Waals surface area contributed by atoms with Crippen LogP contribution in [-0.4, -0.2) is 102 Å². The third-order valence-corrected chi connectivity index (χ3v) is 9.74. The second kappa shape index (κ2) is 14.0. The number of amides is 7. The van der Waals surface area contributed by atoms with Gasteiger partial charge >= 0.3 is 12.1 Å². The normalized spacial score (nSPS) is 24.0. The number of Topliss-reactive ketones (excluding diaryl/α,β-unsaturated/α-hetero) is 1. The van der Waals surface area contributed by atoms with E-state index >= 15 is 0 Å². The van der Waals surface area contributed by atoms with Gasteiger partial charge < -0.3 is 36.4 Å². The van der Waals surface area contributed by atoms with Crippen LogP contribution in [0.3, 0.4) is 0 Å². The topological polar surface area (TPSA) is 169 Å². The van der Waals surface area contributed by atoms with Gasteiger partial charge in [0.05, 0.1) is 12.1 Å². The summed E-state index contributed by atoms with van der Waals surface area (Å²) in [5, 5.41) is 13.9. The van der Waals surface area contributed by atoms with Crippen LogP contribution in [0.15, 0.2) is 12.7 Å². The number of hydrogen-bond acceptors (Lipinski definition) is 6. The van der Waals surface area contributed by atoms with E-state index in [0.717, 1.165) is 6.42 Å². The van der Waals surface area contributed by atoms with Crippen molar-refractivity contribution in [3.8, 4) is 0 Å². The fourth-order valence-electron chi connectivity index (χ4n) is 6.59. The van der Waals surface area contributed by atoms with Crippen LogP contribution >= 0.6 is 0 Å². The Bertz CT molecular complexity index is 1220. The lowest BCUT2D eigenvalue weighted by atomic mass is 9.84. The highest BCUT2D eigenvalue weighted by Gasteiger charge is 2.70. The van der Waals surface area contributed by atoms with Crippen molar-refractivity contribution in [2.45, 2.75) is 99.3 Å². The zero-order valence-electron chi connectivity index (χ0n) is 29.0. The Morgan fingerprint density at radius 3 is 2.24 bits per heavy atom. The number of ketones is 1. The second-order valence-electron chi connectivity index (χ2n) is 15.6. The molecule has 0 aromatic heterocycles. The molecule has 0 aromatic carbocycles. The summed E-state index contributed by atoms with van der Waals surface area (Å²) < 4.78 is 0. The lowest BCUT2D eigenvalue weighted by molar-refractivity contribution is -0.145. The Kier molecular flexibility index (Phi) is 11.2. The Morgan fingerprint density at radius 1 is 1.04 bits per heavy atom. The van der Waals surface area contributed by atoms with E-state index in [1.54, 1.807) is 11.8 Å². The number of piperidine rings is 1. The van der Waals surface area contributed by atoms with Crippen molar-refractivity contribution in [2.75, 3.05) is 32.7 Å². The first-order valence-electron chi connectivity index (χ1n) is 16.4. The average Bonchev–Trinajstić information content (AvgIpc) is 3.28. The lowest BCUT2D eigenvalue weighted by Crippen LogP contribution is -2.63. The van der Waals surface area contributed by atoms with Crippen LogP contribution in [-0.2, 0) is 19.2 Å². The maximum absolute atomic E-state index is 14.3. The van der Waals surface area contributed by atoms with Crippen LogP contribution in [0, 0.1) is 28.1 Å². The van der Waals surface area contributed by atoms with Crippen LogP contribution in [0.2, 0.25) is 0 Å². The first kappa shape index (κ1) is 36.8. The molecule has 1 unspecified atom stereocenters. The van der Waals surface area contributed by atoms with E-state index in [4.69, 9.17) is 0 Å². The van der Waals surface area contributed by atoms with Gasteiger partial charge in [-0.15, -0.1) is 6.58 Å². The molecule has 13 nitrogen and oxygen atoms in total. The predicted molar refractivity (Wildman–Crippen MR) is 174 cm³/mol. The number of likely N-dealkylation sites (tertiary alicyclic amines) is 1. The van der Waals surface area contributed by atoms with Gasteiger partial charge in [-0.2, -0.15) is 0 Å². The van der Waals surface area contributed by atoms with Gasteiger partial charge in [0.1, 0.15) is 12.1 Å². The fraction of sp³-hybridized carbons (Fsp3) is 0.758. The highest BCUT2D eigenvalue weighted by atomic mass is 16.2. The molecule has 3 aliphatic rings. The number of nitrogens with zero attached hydrogens (tertiary/aromatic N) is 2. The van der Waals surface area contributed by atoms with Crippen molar-refractivity contribution >= 4 is 35.6 Å². The van der Waals surface area contributed by atoms with Gasteiger partial charge in [-0.05, 0) is 40.9 Å². The van der Waals surface area contributed by atoms with E-state index in [-0.39, 0.29) is 36.2 Å².